The van der Waals surface area contributed by atoms with Crippen LogP contribution in [-0.2, 0) is 57.1 Å². The highest BCUT2D eigenvalue weighted by atomic mass is 16.7. The van der Waals surface area contributed by atoms with Crippen molar-refractivity contribution in [2.45, 2.75) is 537 Å². The van der Waals surface area contributed by atoms with Crippen molar-refractivity contribution in [2.24, 2.45) is 41.4 Å². The molecule has 0 amide bonds. The molecule has 2 heterocycles. The summed E-state index contributed by atoms with van der Waals surface area (Å²) in [5.41, 5.74) is 0. The number of rotatable bonds is 95. The normalized spacial score (nSPS) is 16.4. The van der Waals surface area contributed by atoms with Crippen LogP contribution in [0.2, 0.25) is 0 Å². The lowest BCUT2D eigenvalue weighted by molar-refractivity contribution is -0.180. The molecule has 0 aliphatic carbocycles. The molecule has 14 nitrogen and oxygen atoms in total. The van der Waals surface area contributed by atoms with Gasteiger partial charge in [-0.1, -0.05) is 377 Å². The zero-order chi connectivity index (χ0) is 89.1. The predicted octanol–water partition coefficient (Wildman–Crippen LogP) is 31.1. The Kier molecular flexibility index (Phi) is 81.9. The van der Waals surface area contributed by atoms with Gasteiger partial charge in [-0.3, -0.25) is 24.1 Å². The Hall–Kier alpha value is -2.36. The third-order valence-electron chi connectivity index (χ3n) is 28.1. The van der Waals surface area contributed by atoms with Crippen LogP contribution < -0.4 is 0 Å². The largest absolute Gasteiger partial charge is 0.466 e. The van der Waals surface area contributed by atoms with Gasteiger partial charge in [0.15, 0.2) is 5.79 Å². The van der Waals surface area contributed by atoms with Gasteiger partial charge in [-0.15, -0.1) is 0 Å². The molecule has 0 aromatic rings. The van der Waals surface area contributed by atoms with Crippen LogP contribution in [0.15, 0.2) is 0 Å². The van der Waals surface area contributed by atoms with E-state index in [2.05, 4.69) is 79.2 Å². The standard InChI is InChI=1S/C109H210N2O12/c1-11-19-48-65-98(66-49-20-12-2)78-89-120-105(112)75-56-42-34-30-32-40-54-70-101(95-117-86-63-82-111-84-91-116-92-85-111)71-55-41-33-31-35-43-57-76-106(113)121-90-79-102(73-53-24-16-6)104(74-25-17-7)97(9)64-62-72-100(69-52-23-15-5)94-108(115)119-88-61-47-39-29-27-37-45-59-81-109(122-96-103(123-109)77-83-110(10)18-8)80-58-44-36-26-28-38-46-60-87-118-107(114)93-99(67-50-21-13-3)68-51-22-14-4/h97-104H,11-96H2,1-10H3. The lowest BCUT2D eigenvalue weighted by Crippen LogP contribution is -2.37. The molecule has 0 N–H and O–H groups in total. The van der Waals surface area contributed by atoms with E-state index in [4.69, 9.17) is 37.9 Å². The molecule has 123 heavy (non-hydrogen) atoms. The van der Waals surface area contributed by atoms with Crippen molar-refractivity contribution in [1.82, 2.24) is 9.80 Å². The van der Waals surface area contributed by atoms with Crippen LogP contribution >= 0.6 is 0 Å². The maximum atomic E-state index is 13.5. The van der Waals surface area contributed by atoms with E-state index in [1.54, 1.807) is 0 Å². The SMILES string of the molecule is CCCCCC(CCCCC)CCOC(=O)CCCCCCCCCC(CCCCCCCCCC(=O)OCCC(CCCCC)C(CCCC)C(C)CCCC(CCCCC)CC(=O)OCCCCCCCCCCC1(CCCCCCCCCCOC(=O)CC(CCCCC)CCCCC)OCC(CCN(C)CC)O1)COCCCN1CCOCC1. The molecule has 728 valence electrons. The maximum Gasteiger partial charge on any atom is 0.306 e. The third kappa shape index (κ3) is 70.1. The summed E-state index contributed by atoms with van der Waals surface area (Å²) in [6.45, 7) is 32.4. The predicted molar refractivity (Wildman–Crippen MR) is 521 cm³/mol. The number of hydrogen-bond acceptors (Lipinski definition) is 14. The van der Waals surface area contributed by atoms with Crippen molar-refractivity contribution in [2.75, 3.05) is 99.2 Å². The van der Waals surface area contributed by atoms with Gasteiger partial charge in [0.1, 0.15) is 0 Å². The van der Waals surface area contributed by atoms with Gasteiger partial charge in [-0.05, 0) is 164 Å². The summed E-state index contributed by atoms with van der Waals surface area (Å²) in [5.74, 6) is 3.63. The van der Waals surface area contributed by atoms with Crippen molar-refractivity contribution < 1.29 is 57.1 Å². The fourth-order valence-corrected chi connectivity index (χ4v) is 19.6. The first kappa shape index (κ1) is 117. The van der Waals surface area contributed by atoms with Gasteiger partial charge in [0.25, 0.3) is 0 Å². The molecule has 2 fully saturated rings. The van der Waals surface area contributed by atoms with E-state index in [9.17, 15) is 19.2 Å². The van der Waals surface area contributed by atoms with Crippen LogP contribution in [0.1, 0.15) is 525 Å². The summed E-state index contributed by atoms with van der Waals surface area (Å²) in [5, 5.41) is 0. The minimum absolute atomic E-state index is 0.00681. The summed E-state index contributed by atoms with van der Waals surface area (Å²) in [6, 6.07) is 0. The topological polar surface area (TPSA) is 149 Å². The van der Waals surface area contributed by atoms with E-state index in [-0.39, 0.29) is 30.0 Å². The molecule has 2 aliphatic heterocycles. The van der Waals surface area contributed by atoms with Crippen molar-refractivity contribution in [3.05, 3.63) is 0 Å². The second-order valence-corrected chi connectivity index (χ2v) is 39.5. The highest BCUT2D eigenvalue weighted by Gasteiger charge is 2.40. The molecule has 0 aromatic carbocycles. The van der Waals surface area contributed by atoms with Crippen LogP contribution in [0.4, 0.5) is 0 Å². The summed E-state index contributed by atoms with van der Waals surface area (Å²) in [4.78, 5) is 56.9. The van der Waals surface area contributed by atoms with Gasteiger partial charge < -0.3 is 42.8 Å². The van der Waals surface area contributed by atoms with E-state index in [1.807, 2.05) is 0 Å². The highest BCUT2D eigenvalue weighted by Crippen LogP contribution is 2.39. The number of ether oxygens (including phenoxy) is 8. The Morgan fingerprint density at radius 3 is 1.20 bits per heavy atom. The lowest BCUT2D eigenvalue weighted by atomic mass is 9.73. The zero-order valence-corrected chi connectivity index (χ0v) is 83.7. The average molecular weight is 1740 g/mol. The first-order valence-electron chi connectivity index (χ1n) is 54.8. The highest BCUT2D eigenvalue weighted by molar-refractivity contribution is 5.70. The van der Waals surface area contributed by atoms with Gasteiger partial charge in [-0.25, -0.2) is 0 Å². The van der Waals surface area contributed by atoms with E-state index in [0.29, 0.717) is 93.5 Å². The third-order valence-corrected chi connectivity index (χ3v) is 28.1. The maximum absolute atomic E-state index is 13.5. The average Bonchev–Trinajstić information content (AvgIpc) is 1.69. The van der Waals surface area contributed by atoms with Crippen LogP contribution in [-0.4, -0.2) is 145 Å². The van der Waals surface area contributed by atoms with Crippen LogP contribution in [0.5, 0.6) is 0 Å². The van der Waals surface area contributed by atoms with Crippen molar-refractivity contribution in [3.8, 4) is 0 Å². The van der Waals surface area contributed by atoms with Crippen molar-refractivity contribution in [3.63, 3.8) is 0 Å². The fourth-order valence-electron chi connectivity index (χ4n) is 19.6. The Labute approximate surface area is 763 Å². The van der Waals surface area contributed by atoms with Crippen molar-refractivity contribution >= 4 is 23.9 Å². The molecular weight excluding hydrogens is 1530 g/mol. The van der Waals surface area contributed by atoms with Crippen LogP contribution in [0, 0.1) is 41.4 Å². The monoisotopic (exact) mass is 1740 g/mol. The molecule has 0 spiro atoms. The molecule has 0 saturated carbocycles. The summed E-state index contributed by atoms with van der Waals surface area (Å²) < 4.78 is 48.9. The molecule has 0 aromatic heterocycles. The van der Waals surface area contributed by atoms with Crippen LogP contribution in [0.3, 0.4) is 0 Å². The van der Waals surface area contributed by atoms with E-state index in [0.717, 1.165) is 188 Å². The zero-order valence-electron chi connectivity index (χ0n) is 83.7. The lowest BCUT2D eigenvalue weighted by Gasteiger charge is -2.33. The Bertz CT molecular complexity index is 2270. The number of carbonyl (C=O) groups excluding carboxylic acids is 4. The molecule has 2 aliphatic rings. The molecule has 7 atom stereocenters. The summed E-state index contributed by atoms with van der Waals surface area (Å²) in [7, 11) is 2.20. The molecular formula is C109H210N2O12. The van der Waals surface area contributed by atoms with Gasteiger partial charge in [0.2, 0.25) is 0 Å². The van der Waals surface area contributed by atoms with Gasteiger partial charge in [-0.2, -0.15) is 0 Å². The summed E-state index contributed by atoms with van der Waals surface area (Å²) >= 11 is 0. The van der Waals surface area contributed by atoms with Crippen molar-refractivity contribution in [1.29, 1.82) is 0 Å². The Morgan fingerprint density at radius 2 is 0.748 bits per heavy atom. The molecule has 14 heteroatoms. The summed E-state index contributed by atoms with van der Waals surface area (Å²) in [6.07, 6.45) is 83.6. The van der Waals surface area contributed by atoms with E-state index < -0.39 is 5.79 Å². The quantitative estimate of drug-likeness (QED) is 0.0323. The number of morpholine rings is 1. The minimum atomic E-state index is -0.422. The number of nitrogens with zero attached hydrogens (tertiary/aromatic N) is 2. The number of carbonyl (C=O) groups is 4. The first-order valence-corrected chi connectivity index (χ1v) is 54.8. The smallest absolute Gasteiger partial charge is 0.306 e. The molecule has 2 rings (SSSR count). The number of esters is 4. The second kappa shape index (κ2) is 86.4. The van der Waals surface area contributed by atoms with Gasteiger partial charge in [0.05, 0.1) is 52.4 Å². The van der Waals surface area contributed by atoms with Gasteiger partial charge in [0, 0.05) is 77.9 Å². The molecule has 0 bridgehead atoms. The molecule has 7 unspecified atom stereocenters. The van der Waals surface area contributed by atoms with E-state index >= 15 is 0 Å². The number of hydrogen-bond donors (Lipinski definition) is 0. The fraction of sp³-hybridized carbons (Fsp3) is 0.963. The Morgan fingerprint density at radius 1 is 0.366 bits per heavy atom. The molecule has 2 saturated heterocycles. The Balaban J connectivity index is 1.71. The number of unbranched alkanes of at least 4 members (excludes halogenated alkanes) is 39. The molecule has 0 radical (unpaired) electrons. The van der Waals surface area contributed by atoms with E-state index in [1.165, 1.54) is 315 Å². The minimum Gasteiger partial charge on any atom is -0.466 e. The first-order chi connectivity index (χ1) is 60.3. The van der Waals surface area contributed by atoms with Crippen LogP contribution in [0.25, 0.3) is 0 Å². The second-order valence-electron chi connectivity index (χ2n) is 39.5. The van der Waals surface area contributed by atoms with Gasteiger partial charge >= 0.3 is 23.9 Å².